The van der Waals surface area contributed by atoms with Gasteiger partial charge in [0, 0.05) is 30.6 Å². The molecule has 1 N–H and O–H groups in total. The maximum absolute atomic E-state index is 4.36. The molecule has 3 aliphatic carbocycles. The second kappa shape index (κ2) is 4.61. The third kappa shape index (κ3) is 1.83. The molecule has 2 nitrogen and oxygen atoms in total. The first-order valence-corrected chi connectivity index (χ1v) is 8.41. The first-order chi connectivity index (χ1) is 8.92. The molecule has 0 aromatic carbocycles. The first-order valence-electron chi connectivity index (χ1n) is 7.53. The van der Waals surface area contributed by atoms with E-state index >= 15 is 0 Å². The normalized spacial score (nSPS) is 41.4. The summed E-state index contributed by atoms with van der Waals surface area (Å²) >= 11 is 1.79. The van der Waals surface area contributed by atoms with Gasteiger partial charge >= 0.3 is 0 Å². The maximum Gasteiger partial charge on any atom is 0.0937 e. The van der Waals surface area contributed by atoms with E-state index in [2.05, 4.69) is 15.7 Å². The number of fused-ring (bicyclic) bond motifs is 5. The number of rotatable bonds is 4. The van der Waals surface area contributed by atoms with E-state index in [1.54, 1.807) is 11.3 Å². The van der Waals surface area contributed by atoms with Crippen molar-refractivity contribution in [2.75, 3.05) is 6.54 Å². The van der Waals surface area contributed by atoms with E-state index in [9.17, 15) is 0 Å². The lowest BCUT2D eigenvalue weighted by molar-refractivity contribution is 0.209. The molecule has 98 valence electrons. The van der Waals surface area contributed by atoms with Crippen LogP contribution >= 0.6 is 11.3 Å². The molecule has 0 amide bonds. The number of nitrogens with zero attached hydrogens (tertiary/aromatic N) is 1. The van der Waals surface area contributed by atoms with E-state index in [-0.39, 0.29) is 0 Å². The minimum absolute atomic E-state index is 0.828. The number of hydrogen-bond donors (Lipinski definition) is 1. The molecule has 0 saturated heterocycles. The Bertz CT molecular complexity index is 403. The van der Waals surface area contributed by atoms with Gasteiger partial charge in [-0.05, 0) is 49.4 Å². The quantitative estimate of drug-likeness (QED) is 0.902. The predicted molar refractivity (Wildman–Crippen MR) is 74.7 cm³/mol. The fraction of sp³-hybridized carbons (Fsp3) is 0.800. The molecule has 1 aromatic heterocycles. The van der Waals surface area contributed by atoms with Crippen molar-refractivity contribution in [2.45, 2.75) is 44.6 Å². The van der Waals surface area contributed by atoms with Crippen LogP contribution in [0, 0.1) is 23.7 Å². The fourth-order valence-corrected chi connectivity index (χ4v) is 5.66. The lowest BCUT2D eigenvalue weighted by Crippen LogP contribution is -2.40. The van der Waals surface area contributed by atoms with Crippen LogP contribution in [0.3, 0.4) is 0 Å². The van der Waals surface area contributed by atoms with Crippen LogP contribution in [0.2, 0.25) is 0 Å². The van der Waals surface area contributed by atoms with E-state index < -0.39 is 0 Å². The summed E-state index contributed by atoms with van der Waals surface area (Å²) in [6.45, 7) is 1.12. The van der Waals surface area contributed by atoms with Gasteiger partial charge in [-0.1, -0.05) is 6.42 Å². The molecular formula is C15H22N2S. The van der Waals surface area contributed by atoms with E-state index in [1.807, 2.05) is 6.20 Å². The van der Waals surface area contributed by atoms with Crippen LogP contribution in [-0.4, -0.2) is 17.6 Å². The molecule has 5 atom stereocenters. The van der Waals surface area contributed by atoms with E-state index in [0.29, 0.717) is 0 Å². The predicted octanol–water partition coefficient (Wildman–Crippen LogP) is 3.10. The lowest BCUT2D eigenvalue weighted by Gasteiger charge is -2.32. The summed E-state index contributed by atoms with van der Waals surface area (Å²) in [6.07, 6.45) is 10.6. The van der Waals surface area contributed by atoms with Crippen LogP contribution in [0.5, 0.6) is 0 Å². The van der Waals surface area contributed by atoms with Crippen molar-refractivity contribution in [3.05, 3.63) is 16.6 Å². The van der Waals surface area contributed by atoms with Gasteiger partial charge in [0.15, 0.2) is 0 Å². The summed E-state index contributed by atoms with van der Waals surface area (Å²) in [7, 11) is 0. The van der Waals surface area contributed by atoms with Gasteiger partial charge < -0.3 is 5.32 Å². The Labute approximate surface area is 113 Å². The highest BCUT2D eigenvalue weighted by molar-refractivity contribution is 7.09. The number of thiazole rings is 1. The van der Waals surface area contributed by atoms with Crippen molar-refractivity contribution in [2.24, 2.45) is 23.7 Å². The van der Waals surface area contributed by atoms with E-state index in [0.717, 1.165) is 42.7 Å². The van der Waals surface area contributed by atoms with Gasteiger partial charge in [0.05, 0.1) is 5.01 Å². The molecule has 3 saturated carbocycles. The van der Waals surface area contributed by atoms with E-state index in [1.165, 1.54) is 37.1 Å². The van der Waals surface area contributed by atoms with Gasteiger partial charge in [-0.25, -0.2) is 4.98 Å². The van der Waals surface area contributed by atoms with Gasteiger partial charge in [0.1, 0.15) is 0 Å². The average molecular weight is 262 g/mol. The number of nitrogens with one attached hydrogen (secondary N) is 1. The Morgan fingerprint density at radius 3 is 3.06 bits per heavy atom. The van der Waals surface area contributed by atoms with Crippen molar-refractivity contribution in [3.63, 3.8) is 0 Å². The van der Waals surface area contributed by atoms with Gasteiger partial charge in [-0.15, -0.1) is 11.3 Å². The summed E-state index contributed by atoms with van der Waals surface area (Å²) in [5, 5.41) is 7.19. The first kappa shape index (κ1) is 11.4. The largest absolute Gasteiger partial charge is 0.313 e. The van der Waals surface area contributed by atoms with Crippen LogP contribution < -0.4 is 5.32 Å². The summed E-state index contributed by atoms with van der Waals surface area (Å²) in [4.78, 5) is 4.36. The Hall–Kier alpha value is -0.410. The summed E-state index contributed by atoms with van der Waals surface area (Å²) in [5.74, 6) is 4.28. The average Bonchev–Trinajstić information content (AvgIpc) is 3.12. The topological polar surface area (TPSA) is 24.9 Å². The van der Waals surface area contributed by atoms with Crippen molar-refractivity contribution in [1.29, 1.82) is 0 Å². The lowest BCUT2D eigenvalue weighted by atomic mass is 9.79. The molecule has 0 radical (unpaired) electrons. The molecule has 3 aliphatic rings. The Kier molecular flexibility index (Phi) is 2.92. The zero-order chi connectivity index (χ0) is 11.9. The number of aromatic nitrogens is 1. The standard InChI is InChI=1S/C15H22N2S/c1-2-11-10-8-13(12(11)3-1)14(9-10)16-5-4-15-17-6-7-18-15/h6-7,10-14,16H,1-5,8-9H2. The van der Waals surface area contributed by atoms with E-state index in [4.69, 9.17) is 0 Å². The van der Waals surface area contributed by atoms with Crippen LogP contribution in [-0.2, 0) is 6.42 Å². The van der Waals surface area contributed by atoms with Gasteiger partial charge in [0.25, 0.3) is 0 Å². The summed E-state index contributed by atoms with van der Waals surface area (Å²) in [5.41, 5.74) is 0. The van der Waals surface area contributed by atoms with Crippen LogP contribution in [0.1, 0.15) is 37.1 Å². The molecule has 2 bridgehead atoms. The molecule has 1 aromatic rings. The molecule has 3 fully saturated rings. The highest BCUT2D eigenvalue weighted by atomic mass is 32.1. The van der Waals surface area contributed by atoms with Gasteiger partial charge in [-0.2, -0.15) is 0 Å². The highest BCUT2D eigenvalue weighted by Crippen LogP contribution is 2.58. The molecular weight excluding hydrogens is 240 g/mol. The molecule has 18 heavy (non-hydrogen) atoms. The Balaban J connectivity index is 1.32. The molecule has 5 unspecified atom stereocenters. The molecule has 3 heteroatoms. The zero-order valence-electron chi connectivity index (χ0n) is 10.8. The number of hydrogen-bond acceptors (Lipinski definition) is 3. The van der Waals surface area contributed by atoms with Gasteiger partial charge in [0.2, 0.25) is 0 Å². The molecule has 4 rings (SSSR count). The SMILES string of the molecule is c1csc(CCNC2CC3CC2C2CCCC32)n1. The van der Waals surface area contributed by atoms with Crippen molar-refractivity contribution in [3.8, 4) is 0 Å². The molecule has 0 aliphatic heterocycles. The minimum atomic E-state index is 0.828. The van der Waals surface area contributed by atoms with Crippen LogP contribution in [0.4, 0.5) is 0 Å². The van der Waals surface area contributed by atoms with Crippen molar-refractivity contribution in [1.82, 2.24) is 10.3 Å². The summed E-state index contributed by atoms with van der Waals surface area (Å²) < 4.78 is 0. The third-order valence-corrected chi connectivity index (χ3v) is 6.50. The Morgan fingerprint density at radius 1 is 1.22 bits per heavy atom. The second-order valence-electron chi connectivity index (χ2n) is 6.39. The molecule has 0 spiro atoms. The van der Waals surface area contributed by atoms with Crippen molar-refractivity contribution < 1.29 is 0 Å². The summed E-state index contributed by atoms with van der Waals surface area (Å²) in [6, 6.07) is 0.828. The maximum atomic E-state index is 4.36. The minimum Gasteiger partial charge on any atom is -0.313 e. The van der Waals surface area contributed by atoms with Crippen LogP contribution in [0.15, 0.2) is 11.6 Å². The highest BCUT2D eigenvalue weighted by Gasteiger charge is 2.53. The van der Waals surface area contributed by atoms with Crippen molar-refractivity contribution >= 4 is 11.3 Å². The second-order valence-corrected chi connectivity index (χ2v) is 7.37. The molecule has 1 heterocycles. The van der Waals surface area contributed by atoms with Gasteiger partial charge in [-0.3, -0.25) is 0 Å². The Morgan fingerprint density at radius 2 is 2.17 bits per heavy atom. The third-order valence-electron chi connectivity index (χ3n) is 5.66. The fourth-order valence-electron chi connectivity index (χ4n) is 5.04. The zero-order valence-corrected chi connectivity index (χ0v) is 11.7. The monoisotopic (exact) mass is 262 g/mol. The smallest absolute Gasteiger partial charge is 0.0937 e. The van der Waals surface area contributed by atoms with Crippen LogP contribution in [0.25, 0.3) is 0 Å².